The number of hydrogen-bond acceptors (Lipinski definition) is 3. The molecule has 3 rings (SSSR count). The van der Waals surface area contributed by atoms with E-state index in [0.717, 1.165) is 43.9 Å². The number of nitrogens with zero attached hydrogens (tertiary/aromatic N) is 1. The van der Waals surface area contributed by atoms with Crippen molar-refractivity contribution in [3.8, 4) is 0 Å². The summed E-state index contributed by atoms with van der Waals surface area (Å²) in [5.74, 6) is 0. The molecule has 3 nitrogen and oxygen atoms in total. The first-order chi connectivity index (χ1) is 11.3. The number of hydrogen-bond donors (Lipinski definition) is 2. The van der Waals surface area contributed by atoms with Gasteiger partial charge in [0.1, 0.15) is 5.60 Å². The monoisotopic (exact) mass is 310 g/mol. The van der Waals surface area contributed by atoms with Crippen LogP contribution in [0.15, 0.2) is 60.7 Å². The summed E-state index contributed by atoms with van der Waals surface area (Å²) < 4.78 is 0. The second kappa shape index (κ2) is 7.73. The van der Waals surface area contributed by atoms with E-state index < -0.39 is 5.60 Å². The van der Waals surface area contributed by atoms with Crippen LogP contribution >= 0.6 is 0 Å². The fourth-order valence-corrected chi connectivity index (χ4v) is 3.33. The summed E-state index contributed by atoms with van der Waals surface area (Å²) in [4.78, 5) is 2.46. The third-order valence-corrected chi connectivity index (χ3v) is 4.73. The minimum Gasteiger partial charge on any atom is -0.380 e. The Labute approximate surface area is 139 Å². The molecule has 2 aromatic rings. The van der Waals surface area contributed by atoms with E-state index in [1.54, 1.807) is 0 Å². The Morgan fingerprint density at radius 2 is 1.48 bits per heavy atom. The summed E-state index contributed by atoms with van der Waals surface area (Å²) >= 11 is 0. The predicted octanol–water partition coefficient (Wildman–Crippen LogP) is 2.61. The van der Waals surface area contributed by atoms with Gasteiger partial charge in [-0.2, -0.15) is 0 Å². The van der Waals surface area contributed by atoms with Crippen LogP contribution in [0.25, 0.3) is 0 Å². The lowest BCUT2D eigenvalue weighted by molar-refractivity contribution is 0.0581. The zero-order chi connectivity index (χ0) is 16.0. The van der Waals surface area contributed by atoms with Gasteiger partial charge in [0, 0.05) is 19.6 Å². The summed E-state index contributed by atoms with van der Waals surface area (Å²) in [5, 5.41) is 14.9. The molecule has 1 aliphatic rings. The highest BCUT2D eigenvalue weighted by Gasteiger charge is 2.31. The molecule has 2 aromatic carbocycles. The fourth-order valence-electron chi connectivity index (χ4n) is 3.33. The van der Waals surface area contributed by atoms with Gasteiger partial charge in [0.15, 0.2) is 0 Å². The quantitative estimate of drug-likeness (QED) is 0.891. The van der Waals surface area contributed by atoms with Crippen LogP contribution < -0.4 is 5.32 Å². The average Bonchev–Trinajstić information content (AvgIpc) is 2.90. The van der Waals surface area contributed by atoms with Crippen molar-refractivity contribution in [3.05, 3.63) is 71.8 Å². The molecule has 1 fully saturated rings. The smallest absolute Gasteiger partial charge is 0.116 e. The zero-order valence-corrected chi connectivity index (χ0v) is 13.6. The van der Waals surface area contributed by atoms with Crippen LogP contribution in [0.2, 0.25) is 0 Å². The van der Waals surface area contributed by atoms with Gasteiger partial charge in [-0.15, -0.1) is 0 Å². The van der Waals surface area contributed by atoms with Gasteiger partial charge in [-0.25, -0.2) is 0 Å². The maximum atomic E-state index is 11.5. The summed E-state index contributed by atoms with van der Waals surface area (Å²) in [6.45, 7) is 5.20. The lowest BCUT2D eigenvalue weighted by Crippen LogP contribution is -2.36. The van der Waals surface area contributed by atoms with Gasteiger partial charge in [-0.05, 0) is 37.1 Å². The van der Waals surface area contributed by atoms with Crippen molar-refractivity contribution in [2.24, 2.45) is 0 Å². The van der Waals surface area contributed by atoms with Crippen molar-refractivity contribution in [2.75, 3.05) is 32.7 Å². The predicted molar refractivity (Wildman–Crippen MR) is 94.4 cm³/mol. The number of rotatable bonds is 5. The van der Waals surface area contributed by atoms with Gasteiger partial charge in [0.25, 0.3) is 0 Å². The van der Waals surface area contributed by atoms with Gasteiger partial charge in [0.05, 0.1) is 0 Å². The van der Waals surface area contributed by atoms with Crippen LogP contribution in [0.5, 0.6) is 0 Å². The van der Waals surface area contributed by atoms with Crippen LogP contribution in [0.3, 0.4) is 0 Å². The Bertz CT molecular complexity index is 538. The second-order valence-corrected chi connectivity index (χ2v) is 6.29. The van der Waals surface area contributed by atoms with Crippen molar-refractivity contribution in [3.63, 3.8) is 0 Å². The SMILES string of the molecule is OC(CCN1CCCNCC1)(c1ccccc1)c1ccccc1. The molecule has 1 saturated heterocycles. The average molecular weight is 310 g/mol. The molecule has 0 aromatic heterocycles. The van der Waals surface area contributed by atoms with Gasteiger partial charge >= 0.3 is 0 Å². The van der Waals surface area contributed by atoms with Gasteiger partial charge < -0.3 is 15.3 Å². The molecule has 3 heteroatoms. The van der Waals surface area contributed by atoms with E-state index in [-0.39, 0.29) is 0 Å². The number of nitrogens with one attached hydrogen (secondary N) is 1. The van der Waals surface area contributed by atoms with Crippen molar-refractivity contribution in [2.45, 2.75) is 18.4 Å². The van der Waals surface area contributed by atoms with E-state index >= 15 is 0 Å². The van der Waals surface area contributed by atoms with Crippen molar-refractivity contribution in [1.82, 2.24) is 10.2 Å². The van der Waals surface area contributed by atoms with Crippen molar-refractivity contribution >= 4 is 0 Å². The molecule has 1 aliphatic heterocycles. The molecule has 0 aliphatic carbocycles. The van der Waals surface area contributed by atoms with Crippen molar-refractivity contribution < 1.29 is 5.11 Å². The lowest BCUT2D eigenvalue weighted by Gasteiger charge is -2.32. The topological polar surface area (TPSA) is 35.5 Å². The van der Waals surface area contributed by atoms with Crippen LogP contribution in [-0.4, -0.2) is 42.7 Å². The van der Waals surface area contributed by atoms with E-state index in [1.165, 1.54) is 6.42 Å². The Kier molecular flexibility index (Phi) is 5.44. The summed E-state index contributed by atoms with van der Waals surface area (Å²) in [6, 6.07) is 20.1. The van der Waals surface area contributed by atoms with E-state index in [1.807, 2.05) is 60.7 Å². The molecule has 23 heavy (non-hydrogen) atoms. The molecule has 0 radical (unpaired) electrons. The minimum atomic E-state index is -0.928. The molecule has 0 atom stereocenters. The van der Waals surface area contributed by atoms with Gasteiger partial charge in [-0.1, -0.05) is 60.7 Å². The summed E-state index contributed by atoms with van der Waals surface area (Å²) in [6.07, 6.45) is 1.89. The maximum Gasteiger partial charge on any atom is 0.116 e. The minimum absolute atomic E-state index is 0.709. The molecule has 0 saturated carbocycles. The fraction of sp³-hybridized carbons (Fsp3) is 0.400. The first-order valence-corrected chi connectivity index (χ1v) is 8.55. The Morgan fingerprint density at radius 1 is 0.870 bits per heavy atom. The highest BCUT2D eigenvalue weighted by Crippen LogP contribution is 2.33. The molecule has 0 bridgehead atoms. The first-order valence-electron chi connectivity index (χ1n) is 8.55. The normalized spacial score (nSPS) is 16.9. The van der Waals surface area contributed by atoms with Gasteiger partial charge in [-0.3, -0.25) is 0 Å². The maximum absolute atomic E-state index is 11.5. The molecular formula is C20H26N2O. The highest BCUT2D eigenvalue weighted by molar-refractivity contribution is 5.35. The second-order valence-electron chi connectivity index (χ2n) is 6.29. The molecule has 122 valence electrons. The molecule has 0 unspecified atom stereocenters. The molecule has 2 N–H and O–H groups in total. The van der Waals surface area contributed by atoms with Crippen LogP contribution in [-0.2, 0) is 5.60 Å². The lowest BCUT2D eigenvalue weighted by atomic mass is 9.83. The van der Waals surface area contributed by atoms with Crippen molar-refractivity contribution in [1.29, 1.82) is 0 Å². The Morgan fingerprint density at radius 3 is 2.09 bits per heavy atom. The van der Waals surface area contributed by atoms with Crippen LogP contribution in [0.4, 0.5) is 0 Å². The molecule has 1 heterocycles. The van der Waals surface area contributed by atoms with Gasteiger partial charge in [0.2, 0.25) is 0 Å². The molecular weight excluding hydrogens is 284 g/mol. The van der Waals surface area contributed by atoms with Crippen LogP contribution in [0, 0.1) is 0 Å². The van der Waals surface area contributed by atoms with E-state index in [4.69, 9.17) is 0 Å². The standard InChI is InChI=1S/C20H26N2O/c23-20(18-8-3-1-4-9-18,19-10-5-2-6-11-19)12-16-22-15-7-13-21-14-17-22/h1-6,8-11,21,23H,7,12-17H2. The number of benzene rings is 2. The summed E-state index contributed by atoms with van der Waals surface area (Å²) in [5.41, 5.74) is 1.01. The molecule has 0 amide bonds. The zero-order valence-electron chi connectivity index (χ0n) is 13.6. The first kappa shape index (κ1) is 16.2. The van der Waals surface area contributed by atoms with E-state index in [0.29, 0.717) is 6.42 Å². The van der Waals surface area contributed by atoms with E-state index in [9.17, 15) is 5.11 Å². The Balaban J connectivity index is 1.81. The third kappa shape index (κ3) is 3.99. The third-order valence-electron chi connectivity index (χ3n) is 4.73. The largest absolute Gasteiger partial charge is 0.380 e. The molecule has 0 spiro atoms. The Hall–Kier alpha value is -1.68. The van der Waals surface area contributed by atoms with Crippen LogP contribution in [0.1, 0.15) is 24.0 Å². The number of aliphatic hydroxyl groups is 1. The summed E-state index contributed by atoms with van der Waals surface area (Å²) in [7, 11) is 0. The highest BCUT2D eigenvalue weighted by atomic mass is 16.3. The van der Waals surface area contributed by atoms with E-state index in [2.05, 4.69) is 10.2 Å².